The summed E-state index contributed by atoms with van der Waals surface area (Å²) in [4.78, 5) is 25.6. The van der Waals surface area contributed by atoms with Crippen LogP contribution >= 0.6 is 0 Å². The average Bonchev–Trinajstić information content (AvgIpc) is 2.53. The van der Waals surface area contributed by atoms with E-state index in [0.717, 1.165) is 12.8 Å². The lowest BCUT2D eigenvalue weighted by molar-refractivity contribution is -0.121. The predicted molar refractivity (Wildman–Crippen MR) is 80.5 cm³/mol. The molecule has 1 saturated carbocycles. The highest BCUT2D eigenvalue weighted by molar-refractivity contribution is 5.95. The van der Waals surface area contributed by atoms with E-state index in [4.69, 9.17) is 0 Å². The van der Waals surface area contributed by atoms with Crippen molar-refractivity contribution in [3.8, 4) is 0 Å². The maximum Gasteiger partial charge on any atom is 0.321 e. The van der Waals surface area contributed by atoms with E-state index in [-0.39, 0.29) is 18.0 Å². The van der Waals surface area contributed by atoms with Crippen molar-refractivity contribution in [3.05, 3.63) is 0 Å². The number of carbonyl (C=O) groups excluding carboxylic acids is 2. The number of likely N-dealkylation sites (N-methyl/N-ethyl adjacent to an activating group) is 1. The number of amides is 3. The Labute approximate surface area is 122 Å². The Morgan fingerprint density at radius 1 is 1.10 bits per heavy atom. The molecule has 0 aromatic heterocycles. The van der Waals surface area contributed by atoms with E-state index in [2.05, 4.69) is 15.5 Å². The van der Waals surface area contributed by atoms with Gasteiger partial charge in [0.05, 0.1) is 6.54 Å². The molecule has 0 heterocycles. The Kier molecular flexibility index (Phi) is 6.46. The second kappa shape index (κ2) is 7.62. The summed E-state index contributed by atoms with van der Waals surface area (Å²) in [6, 6.07) is 0.0469. The topological polar surface area (TPSA) is 61.4 Å². The third kappa shape index (κ3) is 6.89. The average molecular weight is 283 g/mol. The third-order valence-corrected chi connectivity index (χ3v) is 3.58. The molecular weight excluding hydrogens is 254 g/mol. The van der Waals surface area contributed by atoms with Gasteiger partial charge in [0.2, 0.25) is 5.91 Å². The van der Waals surface area contributed by atoms with Gasteiger partial charge in [0.25, 0.3) is 0 Å². The van der Waals surface area contributed by atoms with E-state index in [1.807, 2.05) is 27.8 Å². The number of urea groups is 1. The highest BCUT2D eigenvalue weighted by Crippen LogP contribution is 2.20. The quantitative estimate of drug-likeness (QED) is 0.781. The SMILES string of the molecule is CN(CC(=O)NC(=O)NC(C)(C)C)C1CCCCCC1. The Bertz CT molecular complexity index is 329. The van der Waals surface area contributed by atoms with Crippen LogP contribution in [-0.4, -0.2) is 42.0 Å². The molecule has 5 heteroatoms. The van der Waals surface area contributed by atoms with Crippen LogP contribution in [-0.2, 0) is 4.79 Å². The van der Waals surface area contributed by atoms with Crippen LogP contribution in [0.1, 0.15) is 59.3 Å². The first-order valence-corrected chi connectivity index (χ1v) is 7.60. The minimum atomic E-state index is -0.420. The van der Waals surface area contributed by atoms with E-state index in [9.17, 15) is 9.59 Å². The van der Waals surface area contributed by atoms with Crippen LogP contribution in [0, 0.1) is 0 Å². The highest BCUT2D eigenvalue weighted by atomic mass is 16.2. The number of nitrogens with one attached hydrogen (secondary N) is 2. The number of imide groups is 1. The second-order valence-corrected chi connectivity index (χ2v) is 6.81. The van der Waals surface area contributed by atoms with Gasteiger partial charge in [0.15, 0.2) is 0 Å². The zero-order valence-corrected chi connectivity index (χ0v) is 13.3. The first kappa shape index (κ1) is 17.0. The van der Waals surface area contributed by atoms with E-state index in [1.165, 1.54) is 25.7 Å². The first-order valence-electron chi connectivity index (χ1n) is 7.60. The third-order valence-electron chi connectivity index (χ3n) is 3.58. The normalized spacial score (nSPS) is 17.6. The van der Waals surface area contributed by atoms with Crippen molar-refractivity contribution in [3.63, 3.8) is 0 Å². The van der Waals surface area contributed by atoms with Crippen LogP contribution in [0.4, 0.5) is 4.79 Å². The zero-order chi connectivity index (χ0) is 15.2. The van der Waals surface area contributed by atoms with Gasteiger partial charge >= 0.3 is 6.03 Å². The molecule has 1 aliphatic rings. The molecule has 1 fully saturated rings. The number of nitrogens with zero attached hydrogens (tertiary/aromatic N) is 1. The Morgan fingerprint density at radius 2 is 1.65 bits per heavy atom. The largest absolute Gasteiger partial charge is 0.333 e. The summed E-state index contributed by atoms with van der Waals surface area (Å²) < 4.78 is 0. The Balaban J connectivity index is 2.35. The van der Waals surface area contributed by atoms with Crippen molar-refractivity contribution in [1.82, 2.24) is 15.5 Å². The van der Waals surface area contributed by atoms with Crippen LogP contribution in [0.15, 0.2) is 0 Å². The molecule has 3 amide bonds. The van der Waals surface area contributed by atoms with Crippen LogP contribution < -0.4 is 10.6 Å². The molecule has 5 nitrogen and oxygen atoms in total. The van der Waals surface area contributed by atoms with Gasteiger partial charge in [-0.3, -0.25) is 15.0 Å². The zero-order valence-electron chi connectivity index (χ0n) is 13.3. The first-order chi connectivity index (χ1) is 9.28. The van der Waals surface area contributed by atoms with Gasteiger partial charge in [-0.15, -0.1) is 0 Å². The molecule has 1 rings (SSSR count). The van der Waals surface area contributed by atoms with Gasteiger partial charge in [-0.2, -0.15) is 0 Å². The van der Waals surface area contributed by atoms with Gasteiger partial charge in [-0.05, 0) is 40.7 Å². The van der Waals surface area contributed by atoms with Crippen LogP contribution in [0.25, 0.3) is 0 Å². The molecule has 0 radical (unpaired) electrons. The Morgan fingerprint density at radius 3 is 2.15 bits per heavy atom. The minimum Gasteiger partial charge on any atom is -0.333 e. The number of rotatable bonds is 3. The lowest BCUT2D eigenvalue weighted by atomic mass is 10.1. The fourth-order valence-corrected chi connectivity index (χ4v) is 2.59. The summed E-state index contributed by atoms with van der Waals surface area (Å²) in [5.41, 5.74) is -0.336. The molecule has 0 bridgehead atoms. The van der Waals surface area contributed by atoms with E-state index >= 15 is 0 Å². The van der Waals surface area contributed by atoms with Crippen molar-refractivity contribution in [2.45, 2.75) is 70.9 Å². The molecule has 0 aromatic rings. The predicted octanol–water partition coefficient (Wildman–Crippen LogP) is 2.27. The standard InChI is InChI=1S/C15H29N3O2/c1-15(2,3)17-14(20)16-13(19)11-18(4)12-9-7-5-6-8-10-12/h12H,5-11H2,1-4H3,(H2,16,17,19,20). The summed E-state index contributed by atoms with van der Waals surface area (Å²) in [5.74, 6) is -0.238. The van der Waals surface area contributed by atoms with Crippen molar-refractivity contribution in [2.24, 2.45) is 0 Å². The molecule has 116 valence electrons. The summed E-state index contributed by atoms with van der Waals surface area (Å²) in [6.45, 7) is 5.93. The van der Waals surface area contributed by atoms with Gasteiger partial charge in [-0.25, -0.2) is 4.79 Å². The van der Waals surface area contributed by atoms with E-state index < -0.39 is 6.03 Å². The van der Waals surface area contributed by atoms with Gasteiger partial charge in [-0.1, -0.05) is 25.7 Å². The molecule has 0 unspecified atom stereocenters. The maximum absolute atomic E-state index is 11.9. The molecule has 0 spiro atoms. The summed E-state index contributed by atoms with van der Waals surface area (Å²) >= 11 is 0. The summed E-state index contributed by atoms with van der Waals surface area (Å²) in [5, 5.41) is 5.11. The van der Waals surface area contributed by atoms with Gasteiger partial charge in [0.1, 0.15) is 0 Å². The second-order valence-electron chi connectivity index (χ2n) is 6.81. The lowest BCUT2D eigenvalue weighted by Gasteiger charge is -2.26. The van der Waals surface area contributed by atoms with E-state index in [0.29, 0.717) is 6.04 Å². The van der Waals surface area contributed by atoms with Gasteiger partial charge in [0, 0.05) is 11.6 Å². The van der Waals surface area contributed by atoms with Crippen LogP contribution in [0.2, 0.25) is 0 Å². The molecule has 2 N–H and O–H groups in total. The molecule has 20 heavy (non-hydrogen) atoms. The maximum atomic E-state index is 11.9. The van der Waals surface area contributed by atoms with Crippen molar-refractivity contribution in [1.29, 1.82) is 0 Å². The lowest BCUT2D eigenvalue weighted by Crippen LogP contribution is -2.50. The number of hydrogen-bond acceptors (Lipinski definition) is 3. The number of hydrogen-bond donors (Lipinski definition) is 2. The molecule has 0 aromatic carbocycles. The minimum absolute atomic E-state index is 0.238. The summed E-state index contributed by atoms with van der Waals surface area (Å²) in [7, 11) is 1.97. The highest BCUT2D eigenvalue weighted by Gasteiger charge is 2.21. The molecule has 0 atom stereocenters. The van der Waals surface area contributed by atoms with Crippen molar-refractivity contribution in [2.75, 3.05) is 13.6 Å². The fourth-order valence-electron chi connectivity index (χ4n) is 2.59. The Hall–Kier alpha value is -1.10. The number of carbonyl (C=O) groups is 2. The van der Waals surface area contributed by atoms with Crippen LogP contribution in [0.5, 0.6) is 0 Å². The fraction of sp³-hybridized carbons (Fsp3) is 0.867. The van der Waals surface area contributed by atoms with Crippen molar-refractivity contribution < 1.29 is 9.59 Å². The van der Waals surface area contributed by atoms with Crippen LogP contribution in [0.3, 0.4) is 0 Å². The van der Waals surface area contributed by atoms with E-state index in [1.54, 1.807) is 0 Å². The molecular formula is C15H29N3O2. The molecule has 0 aliphatic heterocycles. The molecule has 1 aliphatic carbocycles. The van der Waals surface area contributed by atoms with Crippen molar-refractivity contribution >= 4 is 11.9 Å². The smallest absolute Gasteiger partial charge is 0.321 e. The van der Waals surface area contributed by atoms with Gasteiger partial charge < -0.3 is 5.32 Å². The summed E-state index contributed by atoms with van der Waals surface area (Å²) in [6.07, 6.45) is 7.37. The monoisotopic (exact) mass is 283 g/mol. The molecule has 0 saturated heterocycles.